The average molecular weight is 213 g/mol. The Kier molecular flexibility index (Phi) is 5.10. The van der Waals surface area contributed by atoms with Gasteiger partial charge in [0.25, 0.3) is 0 Å². The Hall–Kier alpha value is -1.10. The molecule has 1 saturated heterocycles. The number of carbonyl (C=O) groups is 2. The van der Waals surface area contributed by atoms with Crippen LogP contribution in [0.5, 0.6) is 0 Å². The van der Waals surface area contributed by atoms with Crippen molar-refractivity contribution in [1.29, 1.82) is 0 Å². The van der Waals surface area contributed by atoms with E-state index in [4.69, 9.17) is 0 Å². The number of hydrogen-bond acceptors (Lipinski definition) is 3. The molecule has 1 unspecified atom stereocenters. The number of nitrogens with one attached hydrogen (secondary N) is 3. The van der Waals surface area contributed by atoms with Crippen LogP contribution in [0.1, 0.15) is 26.2 Å². The van der Waals surface area contributed by atoms with Gasteiger partial charge in [-0.2, -0.15) is 0 Å². The van der Waals surface area contributed by atoms with E-state index in [1.165, 1.54) is 0 Å². The monoisotopic (exact) mass is 213 g/mol. The summed E-state index contributed by atoms with van der Waals surface area (Å²) in [6.45, 7) is 3.62. The number of carbonyl (C=O) groups excluding carboxylic acids is 2. The average Bonchev–Trinajstić information content (AvgIpc) is 2.76. The second-order valence-corrected chi connectivity index (χ2v) is 3.72. The van der Waals surface area contributed by atoms with E-state index in [1.54, 1.807) is 0 Å². The largest absolute Gasteiger partial charge is 0.355 e. The van der Waals surface area contributed by atoms with Gasteiger partial charge in [-0.15, -0.1) is 0 Å². The molecule has 2 amide bonds. The molecule has 1 atom stereocenters. The second-order valence-electron chi connectivity index (χ2n) is 3.72. The smallest absolute Gasteiger partial charge is 0.239 e. The van der Waals surface area contributed by atoms with Gasteiger partial charge in [0.1, 0.15) is 0 Å². The fourth-order valence-corrected chi connectivity index (χ4v) is 1.53. The van der Waals surface area contributed by atoms with Crippen LogP contribution >= 0.6 is 0 Å². The molecule has 0 bridgehead atoms. The van der Waals surface area contributed by atoms with Crippen LogP contribution in [0.15, 0.2) is 0 Å². The zero-order valence-electron chi connectivity index (χ0n) is 9.14. The van der Waals surface area contributed by atoms with E-state index in [0.717, 1.165) is 25.8 Å². The van der Waals surface area contributed by atoms with Crippen LogP contribution in [-0.4, -0.2) is 37.5 Å². The van der Waals surface area contributed by atoms with Crippen molar-refractivity contribution in [2.45, 2.75) is 32.2 Å². The molecule has 1 heterocycles. The van der Waals surface area contributed by atoms with Gasteiger partial charge in [0.15, 0.2) is 0 Å². The molecule has 1 aliphatic rings. The fraction of sp³-hybridized carbons (Fsp3) is 0.800. The van der Waals surface area contributed by atoms with Crippen molar-refractivity contribution in [2.75, 3.05) is 19.6 Å². The van der Waals surface area contributed by atoms with Crippen LogP contribution in [0, 0.1) is 0 Å². The van der Waals surface area contributed by atoms with E-state index >= 15 is 0 Å². The first-order valence-corrected chi connectivity index (χ1v) is 5.52. The summed E-state index contributed by atoms with van der Waals surface area (Å²) in [5.74, 6) is -0.192. The lowest BCUT2D eigenvalue weighted by atomic mass is 10.2. The molecular formula is C10H19N3O2. The first kappa shape index (κ1) is 12.0. The van der Waals surface area contributed by atoms with E-state index in [-0.39, 0.29) is 24.4 Å². The summed E-state index contributed by atoms with van der Waals surface area (Å²) in [6, 6.07) is -0.107. The third kappa shape index (κ3) is 4.29. The van der Waals surface area contributed by atoms with Crippen molar-refractivity contribution < 1.29 is 9.59 Å². The lowest BCUT2D eigenvalue weighted by Crippen LogP contribution is -2.44. The summed E-state index contributed by atoms with van der Waals surface area (Å²) in [5.41, 5.74) is 0. The Morgan fingerprint density at radius 1 is 1.40 bits per heavy atom. The SMILES string of the molecule is CCCNC(=O)CNC(=O)C1CCCN1. The molecule has 0 radical (unpaired) electrons. The molecule has 1 fully saturated rings. The molecule has 0 aromatic heterocycles. The summed E-state index contributed by atoms with van der Waals surface area (Å²) in [5, 5.41) is 8.40. The third-order valence-corrected chi connectivity index (χ3v) is 2.37. The van der Waals surface area contributed by atoms with Crippen LogP contribution in [0.4, 0.5) is 0 Å². The molecule has 5 heteroatoms. The highest BCUT2D eigenvalue weighted by Gasteiger charge is 2.21. The van der Waals surface area contributed by atoms with Crippen LogP contribution in [0.25, 0.3) is 0 Å². The molecule has 15 heavy (non-hydrogen) atoms. The number of amides is 2. The minimum atomic E-state index is -0.122. The summed E-state index contributed by atoms with van der Waals surface area (Å²) < 4.78 is 0. The minimum Gasteiger partial charge on any atom is -0.355 e. The van der Waals surface area contributed by atoms with Gasteiger partial charge in [-0.1, -0.05) is 6.92 Å². The molecule has 1 aliphatic heterocycles. The maximum Gasteiger partial charge on any atom is 0.239 e. The summed E-state index contributed by atoms with van der Waals surface area (Å²) in [7, 11) is 0. The van der Waals surface area contributed by atoms with Gasteiger partial charge in [-0.05, 0) is 25.8 Å². The Bertz CT molecular complexity index is 225. The van der Waals surface area contributed by atoms with Crippen LogP contribution in [0.2, 0.25) is 0 Å². The Labute approximate surface area is 90.0 Å². The number of rotatable bonds is 5. The molecular weight excluding hydrogens is 194 g/mol. The van der Waals surface area contributed by atoms with Gasteiger partial charge >= 0.3 is 0 Å². The zero-order chi connectivity index (χ0) is 11.1. The Morgan fingerprint density at radius 2 is 2.20 bits per heavy atom. The predicted molar refractivity (Wildman–Crippen MR) is 57.3 cm³/mol. The van der Waals surface area contributed by atoms with Gasteiger partial charge in [0.05, 0.1) is 12.6 Å². The standard InChI is InChI=1S/C10H19N3O2/c1-2-5-12-9(14)7-13-10(15)8-4-3-6-11-8/h8,11H,2-7H2,1H3,(H,12,14)(H,13,15). The second kappa shape index (κ2) is 6.40. The van der Waals surface area contributed by atoms with Crippen LogP contribution in [0.3, 0.4) is 0 Å². The van der Waals surface area contributed by atoms with Crippen LogP contribution < -0.4 is 16.0 Å². The van der Waals surface area contributed by atoms with Gasteiger partial charge < -0.3 is 16.0 Å². The summed E-state index contributed by atoms with van der Waals surface area (Å²) in [6.07, 6.45) is 2.80. The molecule has 5 nitrogen and oxygen atoms in total. The lowest BCUT2D eigenvalue weighted by Gasteiger charge is -2.10. The highest BCUT2D eigenvalue weighted by atomic mass is 16.2. The molecule has 0 aromatic carbocycles. The van der Waals surface area contributed by atoms with Crippen molar-refractivity contribution >= 4 is 11.8 Å². The fourth-order valence-electron chi connectivity index (χ4n) is 1.53. The molecule has 0 aromatic rings. The van der Waals surface area contributed by atoms with Gasteiger partial charge in [-0.3, -0.25) is 9.59 Å². The maximum absolute atomic E-state index is 11.5. The lowest BCUT2D eigenvalue weighted by molar-refractivity contribution is -0.127. The van der Waals surface area contributed by atoms with Crippen molar-refractivity contribution in [2.24, 2.45) is 0 Å². The molecule has 3 N–H and O–H groups in total. The number of hydrogen-bond donors (Lipinski definition) is 3. The normalized spacial score (nSPS) is 19.9. The Balaban J connectivity index is 2.12. The van der Waals surface area contributed by atoms with E-state index in [2.05, 4.69) is 16.0 Å². The van der Waals surface area contributed by atoms with Gasteiger partial charge in [-0.25, -0.2) is 0 Å². The first-order chi connectivity index (χ1) is 7.24. The van der Waals surface area contributed by atoms with Crippen LogP contribution in [-0.2, 0) is 9.59 Å². The minimum absolute atomic E-state index is 0.0702. The predicted octanol–water partition coefficient (Wildman–Crippen LogP) is -0.619. The van der Waals surface area contributed by atoms with Gasteiger partial charge in [0.2, 0.25) is 11.8 Å². The topological polar surface area (TPSA) is 70.2 Å². The zero-order valence-corrected chi connectivity index (χ0v) is 9.14. The molecule has 0 spiro atoms. The Morgan fingerprint density at radius 3 is 2.80 bits per heavy atom. The van der Waals surface area contributed by atoms with Crippen molar-refractivity contribution in [3.8, 4) is 0 Å². The first-order valence-electron chi connectivity index (χ1n) is 5.52. The summed E-state index contributed by atoms with van der Waals surface area (Å²) >= 11 is 0. The third-order valence-electron chi connectivity index (χ3n) is 2.37. The summed E-state index contributed by atoms with van der Waals surface area (Å²) in [4.78, 5) is 22.6. The molecule has 0 aliphatic carbocycles. The van der Waals surface area contributed by atoms with E-state index < -0.39 is 0 Å². The van der Waals surface area contributed by atoms with Crippen molar-refractivity contribution in [3.05, 3.63) is 0 Å². The highest BCUT2D eigenvalue weighted by Crippen LogP contribution is 2.03. The van der Waals surface area contributed by atoms with E-state index in [9.17, 15) is 9.59 Å². The molecule has 1 rings (SSSR count). The van der Waals surface area contributed by atoms with E-state index in [0.29, 0.717) is 6.54 Å². The van der Waals surface area contributed by atoms with Crippen molar-refractivity contribution in [3.63, 3.8) is 0 Å². The van der Waals surface area contributed by atoms with Crippen molar-refractivity contribution in [1.82, 2.24) is 16.0 Å². The van der Waals surface area contributed by atoms with E-state index in [1.807, 2.05) is 6.92 Å². The van der Waals surface area contributed by atoms with Gasteiger partial charge in [0, 0.05) is 6.54 Å². The molecule has 86 valence electrons. The molecule has 0 saturated carbocycles. The quantitative estimate of drug-likeness (QED) is 0.570. The maximum atomic E-state index is 11.5. The highest BCUT2D eigenvalue weighted by molar-refractivity contribution is 5.87.